The standard InChI is InChI=1S/2C22H25.C12H7Si.Zr/c2*1-5-16(4)18-13-17-9-8-12-21(22(17)14-18)20-11-7-6-10-19(20)15(2)3;1-3-7-11-9(5-1)10-6-2-4-8-12(10)13-11;/h2*6-16H,5H2,1-4H3;1-7H;/q3*-1;+3. The third-order valence-electron chi connectivity index (χ3n) is 12.0. The van der Waals surface area contributed by atoms with E-state index in [4.69, 9.17) is 0 Å². The number of hydrogen-bond acceptors (Lipinski definition) is 0. The fraction of sp³-hybridized carbons (Fsp3) is 0.250. The van der Waals surface area contributed by atoms with Gasteiger partial charge in [-0.3, -0.25) is 0 Å². The first-order valence-electron chi connectivity index (χ1n) is 21.1. The maximum atomic E-state index is 3.31. The molecule has 2 heteroatoms. The summed E-state index contributed by atoms with van der Waals surface area (Å²) >= 11 is 0. The maximum absolute atomic E-state index is 3.31. The molecule has 1 heterocycles. The van der Waals surface area contributed by atoms with Crippen LogP contribution in [0.2, 0.25) is 0 Å². The molecular weight excluding hydrogens is 792 g/mol. The quantitative estimate of drug-likeness (QED) is 0.106. The Morgan fingerprint density at radius 2 is 0.914 bits per heavy atom. The summed E-state index contributed by atoms with van der Waals surface area (Å²) in [4.78, 5) is 0. The van der Waals surface area contributed by atoms with E-state index >= 15 is 0 Å². The van der Waals surface area contributed by atoms with E-state index in [0.717, 1.165) is 9.52 Å². The largest absolute Gasteiger partial charge is 3.00 e. The summed E-state index contributed by atoms with van der Waals surface area (Å²) in [7, 11) is 0.795. The molecule has 0 amide bonds. The minimum atomic E-state index is 0. The van der Waals surface area contributed by atoms with E-state index in [-0.39, 0.29) is 26.2 Å². The van der Waals surface area contributed by atoms with Crippen LogP contribution in [0.15, 0.2) is 152 Å². The molecule has 2 atom stereocenters. The van der Waals surface area contributed by atoms with Crippen molar-refractivity contribution in [2.75, 3.05) is 0 Å². The van der Waals surface area contributed by atoms with E-state index in [1.807, 2.05) is 6.07 Å². The third-order valence-corrected chi connectivity index (χ3v) is 13.4. The van der Waals surface area contributed by atoms with Gasteiger partial charge in [0.05, 0.1) is 9.52 Å². The molecule has 0 aliphatic carbocycles. The summed E-state index contributed by atoms with van der Waals surface area (Å²) in [6.07, 6.45) is 2.38. The van der Waals surface area contributed by atoms with Crippen LogP contribution < -0.4 is 10.4 Å². The molecule has 0 fully saturated rings. The van der Waals surface area contributed by atoms with Gasteiger partial charge in [-0.1, -0.05) is 175 Å². The molecule has 8 aromatic rings. The van der Waals surface area contributed by atoms with Crippen molar-refractivity contribution in [3.8, 4) is 33.4 Å². The summed E-state index contributed by atoms with van der Waals surface area (Å²) in [5.41, 5.74) is 14.1. The van der Waals surface area contributed by atoms with Crippen LogP contribution in [-0.2, 0) is 26.2 Å². The van der Waals surface area contributed by atoms with Gasteiger partial charge in [0.1, 0.15) is 0 Å². The SMILES string of the molecule is CCC(C)c1cc2c(-c3ccccc3C(C)C)cccc2[cH-]1.CCC(C)c1cc2c(-c3ccccc3C(C)C)cccc2[cH-]1.[Zr+3].[c-]1cccc2c1[Si]c1ccccc1-2. The van der Waals surface area contributed by atoms with E-state index in [1.165, 1.54) is 100 Å². The first kappa shape index (κ1) is 43.2. The second kappa shape index (κ2) is 19.6. The minimum Gasteiger partial charge on any atom is -0.184 e. The zero-order chi connectivity index (χ0) is 40.1. The first-order valence-corrected chi connectivity index (χ1v) is 22.1. The predicted molar refractivity (Wildman–Crippen MR) is 251 cm³/mol. The predicted octanol–water partition coefficient (Wildman–Crippen LogP) is 14.8. The van der Waals surface area contributed by atoms with Gasteiger partial charge < -0.3 is 0 Å². The van der Waals surface area contributed by atoms with Gasteiger partial charge in [0, 0.05) is 0 Å². The topological polar surface area (TPSA) is 0 Å². The van der Waals surface area contributed by atoms with Crippen LogP contribution >= 0.6 is 0 Å². The molecule has 0 spiro atoms. The summed E-state index contributed by atoms with van der Waals surface area (Å²) in [5.74, 6) is 2.33. The van der Waals surface area contributed by atoms with Crippen LogP contribution in [0.1, 0.15) is 114 Å². The molecule has 2 unspecified atom stereocenters. The summed E-state index contributed by atoms with van der Waals surface area (Å²) in [6, 6.07) is 58.7. The van der Waals surface area contributed by atoms with Crippen molar-refractivity contribution in [2.45, 2.75) is 91.9 Å². The van der Waals surface area contributed by atoms with Crippen LogP contribution in [0.5, 0.6) is 0 Å². The van der Waals surface area contributed by atoms with E-state index in [9.17, 15) is 0 Å². The van der Waals surface area contributed by atoms with E-state index in [1.54, 1.807) is 0 Å². The second-order valence-electron chi connectivity index (χ2n) is 16.4. The molecule has 1 aliphatic heterocycles. The molecule has 8 aromatic carbocycles. The number of hydrogen-bond donors (Lipinski definition) is 0. The monoisotopic (exact) mass is 847 g/mol. The van der Waals surface area contributed by atoms with Gasteiger partial charge in [0.25, 0.3) is 0 Å². The Labute approximate surface area is 370 Å². The molecule has 0 N–H and O–H groups in total. The number of fused-ring (bicyclic) bond motifs is 5. The van der Waals surface area contributed by atoms with Gasteiger partial charge >= 0.3 is 26.2 Å². The van der Waals surface area contributed by atoms with Crippen molar-refractivity contribution in [1.82, 2.24) is 0 Å². The fourth-order valence-corrected chi connectivity index (χ4v) is 9.55. The molecule has 0 saturated heterocycles. The molecule has 9 rings (SSSR count). The molecule has 0 bridgehead atoms. The van der Waals surface area contributed by atoms with E-state index in [2.05, 4.69) is 207 Å². The van der Waals surface area contributed by atoms with Crippen molar-refractivity contribution in [3.05, 3.63) is 180 Å². The van der Waals surface area contributed by atoms with Gasteiger partial charge in [0.2, 0.25) is 0 Å². The summed E-state index contributed by atoms with van der Waals surface area (Å²) in [5, 5.41) is 8.35. The smallest absolute Gasteiger partial charge is 0.184 e. The maximum Gasteiger partial charge on any atom is 3.00 e. The Balaban J connectivity index is 0.000000150. The van der Waals surface area contributed by atoms with Crippen molar-refractivity contribution in [1.29, 1.82) is 0 Å². The Hall–Kier alpha value is -4.36. The third kappa shape index (κ3) is 9.25. The van der Waals surface area contributed by atoms with Crippen LogP contribution in [0, 0.1) is 6.07 Å². The molecule has 0 nitrogen and oxygen atoms in total. The number of rotatable bonds is 8. The Bertz CT molecular complexity index is 2400. The number of benzene rings is 6. The summed E-state index contributed by atoms with van der Waals surface area (Å²) in [6.45, 7) is 18.2. The Morgan fingerprint density at radius 1 is 0.483 bits per heavy atom. The van der Waals surface area contributed by atoms with Crippen molar-refractivity contribution < 1.29 is 26.2 Å². The average Bonchev–Trinajstić information content (AvgIpc) is 3.99. The molecule has 0 aromatic heterocycles. The zero-order valence-electron chi connectivity index (χ0n) is 35.7. The van der Waals surface area contributed by atoms with Gasteiger partial charge in [-0.2, -0.15) is 41.6 Å². The van der Waals surface area contributed by atoms with Crippen LogP contribution in [0.25, 0.3) is 54.9 Å². The molecule has 3 radical (unpaired) electrons. The van der Waals surface area contributed by atoms with Gasteiger partial charge in [-0.25, -0.2) is 0 Å². The fourth-order valence-electron chi connectivity index (χ4n) is 8.24. The van der Waals surface area contributed by atoms with E-state index < -0.39 is 0 Å². The van der Waals surface area contributed by atoms with Gasteiger partial charge in [0.15, 0.2) is 0 Å². The zero-order valence-corrected chi connectivity index (χ0v) is 39.1. The average molecular weight is 849 g/mol. The Morgan fingerprint density at radius 3 is 1.40 bits per heavy atom. The first-order chi connectivity index (χ1) is 27.7. The van der Waals surface area contributed by atoms with Crippen molar-refractivity contribution >= 4 is 41.4 Å². The van der Waals surface area contributed by atoms with Crippen LogP contribution in [0.4, 0.5) is 0 Å². The normalized spacial score (nSPS) is 12.6. The molecule has 0 saturated carbocycles. The molecule has 58 heavy (non-hydrogen) atoms. The second-order valence-corrected chi connectivity index (χ2v) is 17.7. The molecule has 289 valence electrons. The molecule has 1 aliphatic rings. The minimum absolute atomic E-state index is 0. The van der Waals surface area contributed by atoms with Crippen LogP contribution in [-0.4, -0.2) is 9.52 Å². The van der Waals surface area contributed by atoms with Crippen molar-refractivity contribution in [2.24, 2.45) is 0 Å². The van der Waals surface area contributed by atoms with Crippen LogP contribution in [0.3, 0.4) is 0 Å². The van der Waals surface area contributed by atoms with Gasteiger partial charge in [-0.15, -0.1) is 74.6 Å². The summed E-state index contributed by atoms with van der Waals surface area (Å²) < 4.78 is 0. The van der Waals surface area contributed by atoms with E-state index in [0.29, 0.717) is 23.7 Å². The van der Waals surface area contributed by atoms with Crippen molar-refractivity contribution in [3.63, 3.8) is 0 Å². The molecular formula is C56H57SiZr. The Kier molecular flexibility index (Phi) is 14.6. The van der Waals surface area contributed by atoms with Gasteiger partial charge in [-0.05, 0) is 45.9 Å².